The minimum Gasteiger partial charge on any atom is -0.345 e. The van der Waals surface area contributed by atoms with Crippen molar-refractivity contribution in [2.24, 2.45) is 17.6 Å². The highest BCUT2D eigenvalue weighted by molar-refractivity contribution is 5.77. The fraction of sp³-hybridized carbons (Fsp3) is 0.609. The van der Waals surface area contributed by atoms with Gasteiger partial charge in [0.05, 0.1) is 30.2 Å². The molecule has 2 aliphatic carbocycles. The molecule has 0 aliphatic heterocycles. The van der Waals surface area contributed by atoms with Gasteiger partial charge in [-0.2, -0.15) is 5.10 Å². The maximum Gasteiger partial charge on any atom is 0.248 e. The van der Waals surface area contributed by atoms with Crippen LogP contribution in [0.1, 0.15) is 75.2 Å². The van der Waals surface area contributed by atoms with Crippen LogP contribution in [0.15, 0.2) is 30.6 Å². The molecule has 33 heavy (non-hydrogen) atoms. The van der Waals surface area contributed by atoms with Gasteiger partial charge in [-0.05, 0) is 37.7 Å². The summed E-state index contributed by atoms with van der Waals surface area (Å²) in [6.07, 6.45) is 3.15. The fourth-order valence-electron chi connectivity index (χ4n) is 4.79. The first-order valence-electron chi connectivity index (χ1n) is 11.2. The molecule has 0 aromatic carbocycles. The minimum atomic E-state index is -2.66. The summed E-state index contributed by atoms with van der Waals surface area (Å²) in [6, 6.07) is 0.753. The number of amides is 1. The summed E-state index contributed by atoms with van der Waals surface area (Å²) >= 11 is 0. The van der Waals surface area contributed by atoms with Crippen LogP contribution in [0, 0.1) is 11.8 Å². The lowest BCUT2D eigenvalue weighted by atomic mass is 9.79. The number of fused-ring (bicyclic) bond motifs is 1. The summed E-state index contributed by atoms with van der Waals surface area (Å²) in [6.45, 7) is 5.70. The lowest BCUT2D eigenvalue weighted by molar-refractivity contribution is -0.134. The van der Waals surface area contributed by atoms with E-state index < -0.39 is 23.9 Å². The van der Waals surface area contributed by atoms with Crippen LogP contribution >= 0.6 is 0 Å². The van der Waals surface area contributed by atoms with Crippen LogP contribution in [-0.2, 0) is 4.79 Å². The monoisotopic (exact) mass is 467 g/mol. The molecule has 0 saturated heterocycles. The largest absolute Gasteiger partial charge is 0.345 e. The number of nitrogens with one attached hydrogen (secondary N) is 1. The molecule has 3 N–H and O–H groups in total. The summed E-state index contributed by atoms with van der Waals surface area (Å²) in [5.74, 6) is -5.99. The first-order valence-corrected chi connectivity index (χ1v) is 11.2. The molecule has 2 atom stereocenters. The highest BCUT2D eigenvalue weighted by Crippen LogP contribution is 2.44. The SMILES string of the molecule is C=C(C)[C@H](NC(=O)CC1CC(F)(F)C1)c1cnn2cc([C@@H](N)C3CCC(F)(F)CC3)nc2c1. The molecule has 0 bridgehead atoms. The standard InChI is InChI=1S/C23H29F4N5O/c1-13(2)21(31-19(33)7-14-9-23(26,27)10-14)16-8-18-30-17(12-32(18)29-11-16)20(28)15-3-5-22(24,25)6-4-15/h8,11-12,14-15,20-21H,1,3-7,9-10,28H2,2H3,(H,31,33)/t20-,21-/m0/s1. The first kappa shape index (κ1) is 23.7. The van der Waals surface area contributed by atoms with Gasteiger partial charge < -0.3 is 11.1 Å². The maximum atomic E-state index is 13.5. The highest BCUT2D eigenvalue weighted by Gasteiger charge is 2.45. The Labute approximate surface area is 189 Å². The molecule has 6 nitrogen and oxygen atoms in total. The van der Waals surface area contributed by atoms with Gasteiger partial charge in [-0.3, -0.25) is 4.79 Å². The number of alkyl halides is 4. The Balaban J connectivity index is 1.45. The lowest BCUT2D eigenvalue weighted by Crippen LogP contribution is -2.39. The van der Waals surface area contributed by atoms with Gasteiger partial charge in [-0.1, -0.05) is 12.2 Å². The average Bonchev–Trinajstić information content (AvgIpc) is 3.13. The highest BCUT2D eigenvalue weighted by atomic mass is 19.3. The van der Waals surface area contributed by atoms with Crippen molar-refractivity contribution in [3.05, 3.63) is 41.9 Å². The van der Waals surface area contributed by atoms with Crippen LogP contribution in [0.25, 0.3) is 5.65 Å². The summed E-state index contributed by atoms with van der Waals surface area (Å²) in [7, 11) is 0. The molecule has 2 fully saturated rings. The van der Waals surface area contributed by atoms with E-state index in [4.69, 9.17) is 5.73 Å². The second-order valence-electron chi connectivity index (χ2n) is 9.66. The Morgan fingerprint density at radius 3 is 2.55 bits per heavy atom. The molecule has 2 saturated carbocycles. The summed E-state index contributed by atoms with van der Waals surface area (Å²) in [5.41, 5.74) is 8.76. The van der Waals surface area contributed by atoms with E-state index >= 15 is 0 Å². The van der Waals surface area contributed by atoms with Crippen LogP contribution in [0.5, 0.6) is 0 Å². The number of carbonyl (C=O) groups excluding carboxylic acids is 1. The quantitative estimate of drug-likeness (QED) is 0.456. The lowest BCUT2D eigenvalue weighted by Gasteiger charge is -2.34. The first-order chi connectivity index (χ1) is 15.4. The number of aromatic nitrogens is 3. The number of nitrogens with zero attached hydrogens (tertiary/aromatic N) is 3. The van der Waals surface area contributed by atoms with Crippen molar-refractivity contribution >= 4 is 11.6 Å². The van der Waals surface area contributed by atoms with Crippen molar-refractivity contribution in [2.45, 2.75) is 75.8 Å². The Hall–Kier alpha value is -2.49. The van der Waals surface area contributed by atoms with Gasteiger partial charge in [-0.15, -0.1) is 0 Å². The van der Waals surface area contributed by atoms with E-state index in [2.05, 4.69) is 22.0 Å². The number of nitrogens with two attached hydrogens (primary N) is 1. The van der Waals surface area contributed by atoms with Crippen molar-refractivity contribution in [3.63, 3.8) is 0 Å². The van der Waals surface area contributed by atoms with Gasteiger partial charge in [0.15, 0.2) is 5.65 Å². The van der Waals surface area contributed by atoms with Crippen LogP contribution in [0.4, 0.5) is 17.6 Å². The number of imidazole rings is 1. The molecule has 4 rings (SSSR count). The molecule has 1 amide bonds. The van der Waals surface area contributed by atoms with Crippen LogP contribution in [-0.4, -0.2) is 32.4 Å². The van der Waals surface area contributed by atoms with E-state index in [-0.39, 0.29) is 49.8 Å². The third-order valence-electron chi connectivity index (χ3n) is 6.75. The molecule has 0 unspecified atom stereocenters. The number of rotatable bonds is 7. The molecular weight excluding hydrogens is 438 g/mol. The van der Waals surface area contributed by atoms with Gasteiger partial charge in [0.2, 0.25) is 17.8 Å². The number of hydrogen-bond donors (Lipinski definition) is 2. The van der Waals surface area contributed by atoms with Gasteiger partial charge >= 0.3 is 0 Å². The zero-order valence-corrected chi connectivity index (χ0v) is 18.5. The molecule has 180 valence electrons. The van der Waals surface area contributed by atoms with Crippen LogP contribution in [0.2, 0.25) is 0 Å². The molecule has 2 heterocycles. The van der Waals surface area contributed by atoms with E-state index in [1.165, 1.54) is 0 Å². The van der Waals surface area contributed by atoms with Gasteiger partial charge in [0, 0.05) is 37.7 Å². The van der Waals surface area contributed by atoms with Crippen LogP contribution in [0.3, 0.4) is 0 Å². The van der Waals surface area contributed by atoms with Gasteiger partial charge in [-0.25, -0.2) is 27.1 Å². The molecule has 2 aromatic rings. The Kier molecular flexibility index (Phi) is 6.24. The Bertz CT molecular complexity index is 1030. The zero-order valence-electron chi connectivity index (χ0n) is 18.5. The fourth-order valence-corrected chi connectivity index (χ4v) is 4.79. The van der Waals surface area contributed by atoms with Gasteiger partial charge in [0.1, 0.15) is 0 Å². The normalized spacial score (nSPS) is 22.5. The predicted molar refractivity (Wildman–Crippen MR) is 115 cm³/mol. The maximum absolute atomic E-state index is 13.5. The van der Waals surface area contributed by atoms with Crippen molar-refractivity contribution in [2.75, 3.05) is 0 Å². The molecular formula is C23H29F4N5O. The van der Waals surface area contributed by atoms with E-state index in [0.717, 1.165) is 0 Å². The summed E-state index contributed by atoms with van der Waals surface area (Å²) in [4.78, 5) is 17.0. The molecule has 0 spiro atoms. The Morgan fingerprint density at radius 1 is 1.27 bits per heavy atom. The van der Waals surface area contributed by atoms with Gasteiger partial charge in [0.25, 0.3) is 0 Å². The van der Waals surface area contributed by atoms with Crippen molar-refractivity contribution in [1.29, 1.82) is 0 Å². The topological polar surface area (TPSA) is 85.3 Å². The average molecular weight is 468 g/mol. The summed E-state index contributed by atoms with van der Waals surface area (Å²) < 4.78 is 54.6. The van der Waals surface area contributed by atoms with E-state index in [0.29, 0.717) is 35.3 Å². The summed E-state index contributed by atoms with van der Waals surface area (Å²) in [5, 5.41) is 7.21. The number of carbonyl (C=O) groups is 1. The number of hydrogen-bond acceptors (Lipinski definition) is 4. The van der Waals surface area contributed by atoms with Crippen LogP contribution < -0.4 is 11.1 Å². The molecule has 2 aromatic heterocycles. The molecule has 2 aliphatic rings. The third-order valence-corrected chi connectivity index (χ3v) is 6.75. The Morgan fingerprint density at radius 2 is 1.94 bits per heavy atom. The molecule has 0 radical (unpaired) electrons. The molecule has 10 heteroatoms. The third kappa shape index (κ3) is 5.37. The van der Waals surface area contributed by atoms with E-state index in [1.807, 2.05) is 0 Å². The van der Waals surface area contributed by atoms with Crippen molar-refractivity contribution in [1.82, 2.24) is 19.9 Å². The second kappa shape index (κ2) is 8.70. The minimum absolute atomic E-state index is 0.0395. The van der Waals surface area contributed by atoms with E-state index in [1.54, 1.807) is 29.9 Å². The number of halogens is 4. The smallest absolute Gasteiger partial charge is 0.248 e. The zero-order chi connectivity index (χ0) is 24.0. The second-order valence-corrected chi connectivity index (χ2v) is 9.66. The predicted octanol–water partition coefficient (Wildman–Crippen LogP) is 4.72. The van der Waals surface area contributed by atoms with Crippen molar-refractivity contribution < 1.29 is 22.4 Å². The van der Waals surface area contributed by atoms with Crippen molar-refractivity contribution in [3.8, 4) is 0 Å². The van der Waals surface area contributed by atoms with E-state index in [9.17, 15) is 22.4 Å².